The molecule has 4 aromatic rings. The number of ether oxygens (including phenoxy) is 1. The summed E-state index contributed by atoms with van der Waals surface area (Å²) < 4.78 is 7.39. The van der Waals surface area contributed by atoms with Gasteiger partial charge in [-0.25, -0.2) is 4.98 Å². The number of carbonyl (C=O) groups excluding carboxylic acids is 1. The molecule has 0 aliphatic heterocycles. The van der Waals surface area contributed by atoms with Crippen molar-refractivity contribution in [1.82, 2.24) is 9.55 Å². The van der Waals surface area contributed by atoms with Crippen LogP contribution in [0.1, 0.15) is 40.8 Å². The SMILES string of the molecule is Cc1cc(Oc2ccc(C#N)cc2)ccc1NC(=O)CCn1cnc2sc3c(c2c1=O)CCCC3. The Kier molecular flexibility index (Phi) is 6.34. The summed E-state index contributed by atoms with van der Waals surface area (Å²) in [6.45, 7) is 2.17. The molecule has 1 aliphatic rings. The van der Waals surface area contributed by atoms with Gasteiger partial charge in [0.2, 0.25) is 5.91 Å². The van der Waals surface area contributed by atoms with Gasteiger partial charge in [0.25, 0.3) is 5.56 Å². The second-order valence-corrected chi connectivity index (χ2v) is 9.73. The molecule has 0 saturated heterocycles. The number of nitrogens with one attached hydrogen (secondary N) is 1. The molecule has 0 fully saturated rings. The summed E-state index contributed by atoms with van der Waals surface area (Å²) in [5, 5.41) is 12.6. The number of thiophene rings is 1. The van der Waals surface area contributed by atoms with Gasteiger partial charge >= 0.3 is 0 Å². The molecule has 176 valence electrons. The van der Waals surface area contributed by atoms with E-state index in [4.69, 9.17) is 10.00 Å². The molecule has 7 nitrogen and oxygen atoms in total. The Labute approximate surface area is 206 Å². The van der Waals surface area contributed by atoms with Crippen molar-refractivity contribution in [3.8, 4) is 17.6 Å². The third-order valence-corrected chi connectivity index (χ3v) is 7.41. The number of nitrogens with zero attached hydrogens (tertiary/aromatic N) is 3. The Hall–Kier alpha value is -3.96. The summed E-state index contributed by atoms with van der Waals surface area (Å²) in [6, 6.07) is 14.4. The maximum Gasteiger partial charge on any atom is 0.262 e. The first-order valence-corrected chi connectivity index (χ1v) is 12.4. The van der Waals surface area contributed by atoms with Crippen molar-refractivity contribution < 1.29 is 9.53 Å². The van der Waals surface area contributed by atoms with Gasteiger partial charge in [-0.1, -0.05) is 0 Å². The average molecular weight is 485 g/mol. The molecule has 35 heavy (non-hydrogen) atoms. The zero-order valence-electron chi connectivity index (χ0n) is 19.3. The fourth-order valence-corrected chi connectivity index (χ4v) is 5.57. The number of benzene rings is 2. The highest BCUT2D eigenvalue weighted by Crippen LogP contribution is 2.33. The Morgan fingerprint density at radius 2 is 1.94 bits per heavy atom. The predicted octanol–water partition coefficient (Wildman–Crippen LogP) is 5.34. The van der Waals surface area contributed by atoms with Crippen LogP contribution >= 0.6 is 11.3 Å². The highest BCUT2D eigenvalue weighted by Gasteiger charge is 2.20. The summed E-state index contributed by atoms with van der Waals surface area (Å²) in [5.41, 5.74) is 3.22. The number of rotatable bonds is 6. The lowest BCUT2D eigenvalue weighted by Gasteiger charge is -2.12. The largest absolute Gasteiger partial charge is 0.457 e. The van der Waals surface area contributed by atoms with Gasteiger partial charge in [0.15, 0.2) is 0 Å². The van der Waals surface area contributed by atoms with Crippen LogP contribution in [0.2, 0.25) is 0 Å². The van der Waals surface area contributed by atoms with Crippen molar-refractivity contribution in [2.45, 2.75) is 45.6 Å². The zero-order chi connectivity index (χ0) is 24.4. The van der Waals surface area contributed by atoms with Crippen molar-refractivity contribution in [1.29, 1.82) is 5.26 Å². The highest BCUT2D eigenvalue weighted by atomic mass is 32.1. The Morgan fingerprint density at radius 3 is 2.71 bits per heavy atom. The molecule has 0 unspecified atom stereocenters. The van der Waals surface area contributed by atoms with E-state index in [-0.39, 0.29) is 24.4 Å². The predicted molar refractivity (Wildman–Crippen MR) is 136 cm³/mol. The van der Waals surface area contributed by atoms with E-state index in [1.54, 1.807) is 58.6 Å². The molecule has 0 spiro atoms. The summed E-state index contributed by atoms with van der Waals surface area (Å²) >= 11 is 1.63. The number of hydrogen-bond acceptors (Lipinski definition) is 6. The van der Waals surface area contributed by atoms with Crippen LogP contribution in [0, 0.1) is 18.3 Å². The highest BCUT2D eigenvalue weighted by molar-refractivity contribution is 7.18. The standard InChI is InChI=1S/C27H24N4O3S/c1-17-14-20(34-19-8-6-18(15-28)7-9-19)10-11-22(17)30-24(32)12-13-31-16-29-26-25(27(31)33)21-4-2-3-5-23(21)35-26/h6-11,14,16H,2-5,12-13H2,1H3,(H,30,32). The molecule has 0 saturated carbocycles. The van der Waals surface area contributed by atoms with Gasteiger partial charge in [0.05, 0.1) is 23.3 Å². The molecule has 0 bridgehead atoms. The van der Waals surface area contributed by atoms with E-state index in [9.17, 15) is 9.59 Å². The second kappa shape index (κ2) is 9.72. The molecule has 2 aromatic carbocycles. The maximum absolute atomic E-state index is 13.1. The van der Waals surface area contributed by atoms with Gasteiger partial charge in [-0.2, -0.15) is 5.26 Å². The fourth-order valence-electron chi connectivity index (χ4n) is 4.35. The Balaban J connectivity index is 1.23. The number of amides is 1. The number of nitriles is 1. The molecule has 0 atom stereocenters. The minimum Gasteiger partial charge on any atom is -0.457 e. The van der Waals surface area contributed by atoms with E-state index >= 15 is 0 Å². The fraction of sp³-hybridized carbons (Fsp3) is 0.259. The summed E-state index contributed by atoms with van der Waals surface area (Å²) in [4.78, 5) is 32.3. The number of carbonyl (C=O) groups is 1. The average Bonchev–Trinajstić information content (AvgIpc) is 3.25. The third-order valence-electron chi connectivity index (χ3n) is 6.21. The van der Waals surface area contributed by atoms with Gasteiger partial charge in [-0.3, -0.25) is 14.2 Å². The van der Waals surface area contributed by atoms with E-state index in [0.29, 0.717) is 22.7 Å². The summed E-state index contributed by atoms with van der Waals surface area (Å²) in [6.07, 6.45) is 5.95. The van der Waals surface area contributed by atoms with Crippen molar-refractivity contribution in [2.75, 3.05) is 5.32 Å². The van der Waals surface area contributed by atoms with Crippen LogP contribution in [-0.2, 0) is 24.2 Å². The molecular formula is C27H24N4O3S. The molecule has 1 amide bonds. The molecule has 8 heteroatoms. The van der Waals surface area contributed by atoms with Gasteiger partial charge in [0.1, 0.15) is 16.3 Å². The minimum absolute atomic E-state index is 0.0531. The van der Waals surface area contributed by atoms with E-state index in [1.165, 1.54) is 4.88 Å². The Bertz CT molecular complexity index is 1510. The van der Waals surface area contributed by atoms with Crippen LogP contribution in [0.25, 0.3) is 10.2 Å². The van der Waals surface area contributed by atoms with Crippen LogP contribution in [0.3, 0.4) is 0 Å². The molecule has 1 N–H and O–H groups in total. The number of anilines is 1. The van der Waals surface area contributed by atoms with E-state index < -0.39 is 0 Å². The topological polar surface area (TPSA) is 97.0 Å². The summed E-state index contributed by atoms with van der Waals surface area (Å²) in [5.74, 6) is 1.09. The normalized spacial score (nSPS) is 12.7. The minimum atomic E-state index is -0.173. The van der Waals surface area contributed by atoms with Crippen LogP contribution in [0.15, 0.2) is 53.6 Å². The molecule has 2 aromatic heterocycles. The number of aryl methyl sites for hydroxylation is 4. The van der Waals surface area contributed by atoms with Gasteiger partial charge in [-0.05, 0) is 86.2 Å². The van der Waals surface area contributed by atoms with Crippen LogP contribution < -0.4 is 15.6 Å². The van der Waals surface area contributed by atoms with E-state index in [0.717, 1.165) is 47.0 Å². The van der Waals surface area contributed by atoms with Crippen LogP contribution in [0.5, 0.6) is 11.5 Å². The van der Waals surface area contributed by atoms with Crippen LogP contribution in [-0.4, -0.2) is 15.5 Å². The maximum atomic E-state index is 13.1. The monoisotopic (exact) mass is 484 g/mol. The van der Waals surface area contributed by atoms with Gasteiger partial charge in [0, 0.05) is 23.5 Å². The first kappa shape index (κ1) is 22.8. The second-order valence-electron chi connectivity index (χ2n) is 8.65. The number of hydrogen-bond donors (Lipinski definition) is 1. The van der Waals surface area contributed by atoms with Crippen molar-refractivity contribution in [3.63, 3.8) is 0 Å². The lowest BCUT2D eigenvalue weighted by Crippen LogP contribution is -2.24. The molecule has 1 aliphatic carbocycles. The first-order valence-electron chi connectivity index (χ1n) is 11.6. The summed E-state index contributed by atoms with van der Waals surface area (Å²) in [7, 11) is 0. The Morgan fingerprint density at radius 1 is 1.17 bits per heavy atom. The van der Waals surface area contributed by atoms with Gasteiger partial charge < -0.3 is 10.1 Å². The first-order chi connectivity index (χ1) is 17.0. The molecule has 0 radical (unpaired) electrons. The zero-order valence-corrected chi connectivity index (χ0v) is 20.2. The molecular weight excluding hydrogens is 460 g/mol. The van der Waals surface area contributed by atoms with Crippen LogP contribution in [0.4, 0.5) is 5.69 Å². The lowest BCUT2D eigenvalue weighted by atomic mass is 9.97. The van der Waals surface area contributed by atoms with E-state index in [2.05, 4.69) is 16.4 Å². The quantitative estimate of drug-likeness (QED) is 0.399. The number of aromatic nitrogens is 2. The van der Waals surface area contributed by atoms with Crippen molar-refractivity contribution in [2.24, 2.45) is 0 Å². The number of fused-ring (bicyclic) bond motifs is 3. The molecule has 2 heterocycles. The molecule has 5 rings (SSSR count). The third kappa shape index (κ3) is 4.81. The van der Waals surface area contributed by atoms with E-state index in [1.807, 2.05) is 13.0 Å². The van der Waals surface area contributed by atoms with Crippen molar-refractivity contribution >= 4 is 33.1 Å². The van der Waals surface area contributed by atoms with Crippen molar-refractivity contribution in [3.05, 3.63) is 80.7 Å². The van der Waals surface area contributed by atoms with Gasteiger partial charge in [-0.15, -0.1) is 11.3 Å². The smallest absolute Gasteiger partial charge is 0.262 e. The lowest BCUT2D eigenvalue weighted by molar-refractivity contribution is -0.116.